The van der Waals surface area contributed by atoms with Crippen molar-refractivity contribution in [2.75, 3.05) is 26.2 Å². The second-order valence-corrected chi connectivity index (χ2v) is 6.70. The molecule has 24 heavy (non-hydrogen) atoms. The molecule has 2 aliphatic heterocycles. The van der Waals surface area contributed by atoms with Gasteiger partial charge in [0.25, 0.3) is 5.91 Å². The first-order valence-electron chi connectivity index (χ1n) is 8.44. The minimum atomic E-state index is -0.150. The molecule has 2 fully saturated rings. The van der Waals surface area contributed by atoms with Crippen molar-refractivity contribution in [3.05, 3.63) is 48.3 Å². The predicted molar refractivity (Wildman–Crippen MR) is 86.4 cm³/mol. The van der Waals surface area contributed by atoms with Gasteiger partial charge in [-0.3, -0.25) is 9.69 Å². The van der Waals surface area contributed by atoms with Gasteiger partial charge in [0.05, 0.1) is 24.4 Å². The van der Waals surface area contributed by atoms with Crippen LogP contribution in [0.4, 0.5) is 0 Å². The predicted octanol–water partition coefficient (Wildman–Crippen LogP) is 2.28. The third kappa shape index (κ3) is 2.99. The second-order valence-electron chi connectivity index (χ2n) is 6.70. The monoisotopic (exact) mass is 330 g/mol. The zero-order valence-electron chi connectivity index (χ0n) is 13.6. The van der Waals surface area contributed by atoms with Gasteiger partial charge in [-0.15, -0.1) is 0 Å². The number of carbonyl (C=O) groups excluding carboxylic acids is 1. The average molecular weight is 330 g/mol. The molecular weight excluding hydrogens is 308 g/mol. The van der Waals surface area contributed by atoms with Gasteiger partial charge in [0, 0.05) is 38.3 Å². The summed E-state index contributed by atoms with van der Waals surface area (Å²) >= 11 is 0. The number of likely N-dealkylation sites (tertiary alicyclic amines) is 1. The van der Waals surface area contributed by atoms with Gasteiger partial charge in [0.2, 0.25) is 0 Å². The Morgan fingerprint density at radius 2 is 2.25 bits per heavy atom. The number of hydrogen-bond acceptors (Lipinski definition) is 5. The highest BCUT2D eigenvalue weighted by atomic mass is 16.5. The van der Waals surface area contributed by atoms with Crippen LogP contribution in [0.15, 0.2) is 45.8 Å². The van der Waals surface area contributed by atoms with Crippen molar-refractivity contribution in [2.45, 2.75) is 25.0 Å². The van der Waals surface area contributed by atoms with Gasteiger partial charge in [-0.1, -0.05) is 0 Å². The normalized spacial score (nSPS) is 22.6. The van der Waals surface area contributed by atoms with Crippen molar-refractivity contribution in [2.24, 2.45) is 5.92 Å². The Bertz CT molecular complexity index is 659. The van der Waals surface area contributed by atoms with E-state index in [1.54, 1.807) is 24.7 Å². The van der Waals surface area contributed by atoms with Gasteiger partial charge in [-0.25, -0.2) is 0 Å². The molecule has 6 heteroatoms. The van der Waals surface area contributed by atoms with Gasteiger partial charge in [0.15, 0.2) is 5.76 Å². The number of nitrogens with zero attached hydrogens (tertiary/aromatic N) is 1. The van der Waals surface area contributed by atoms with Gasteiger partial charge in [-0.2, -0.15) is 0 Å². The smallest absolute Gasteiger partial charge is 0.286 e. The van der Waals surface area contributed by atoms with E-state index >= 15 is 0 Å². The van der Waals surface area contributed by atoms with E-state index in [2.05, 4.69) is 10.2 Å². The van der Waals surface area contributed by atoms with Crippen LogP contribution in [0.2, 0.25) is 0 Å². The van der Waals surface area contributed by atoms with Gasteiger partial charge < -0.3 is 18.9 Å². The Hall–Kier alpha value is -2.05. The van der Waals surface area contributed by atoms with Gasteiger partial charge in [-0.05, 0) is 37.0 Å². The summed E-state index contributed by atoms with van der Waals surface area (Å²) in [6.45, 7) is 4.28. The van der Waals surface area contributed by atoms with Crippen molar-refractivity contribution in [1.29, 1.82) is 0 Å². The van der Waals surface area contributed by atoms with E-state index in [1.165, 1.54) is 11.8 Å². The number of hydrogen-bond donors (Lipinski definition) is 1. The molecule has 4 rings (SSSR count). The van der Waals surface area contributed by atoms with E-state index in [9.17, 15) is 4.79 Å². The van der Waals surface area contributed by atoms with Crippen LogP contribution >= 0.6 is 0 Å². The maximum absolute atomic E-state index is 11.9. The maximum Gasteiger partial charge on any atom is 0.286 e. The molecule has 2 aliphatic rings. The Balaban J connectivity index is 1.25. The Kier molecular flexibility index (Phi) is 4.16. The van der Waals surface area contributed by atoms with E-state index in [4.69, 9.17) is 13.6 Å². The van der Waals surface area contributed by atoms with E-state index in [0.717, 1.165) is 39.1 Å². The van der Waals surface area contributed by atoms with Crippen molar-refractivity contribution in [3.63, 3.8) is 0 Å². The SMILES string of the molecule is O=C(NCC[C@H]1CCOC12CN(Cc1ccoc1)C2)c1ccco1. The fourth-order valence-corrected chi connectivity index (χ4v) is 3.86. The molecule has 4 heterocycles. The van der Waals surface area contributed by atoms with Crippen LogP contribution in [-0.4, -0.2) is 42.6 Å². The summed E-state index contributed by atoms with van der Waals surface area (Å²) in [4.78, 5) is 14.3. The summed E-state index contributed by atoms with van der Waals surface area (Å²) in [5, 5.41) is 2.93. The van der Waals surface area contributed by atoms with E-state index in [1.807, 2.05) is 6.07 Å². The van der Waals surface area contributed by atoms with Crippen molar-refractivity contribution in [3.8, 4) is 0 Å². The highest BCUT2D eigenvalue weighted by molar-refractivity contribution is 5.91. The minimum Gasteiger partial charge on any atom is -0.472 e. The maximum atomic E-state index is 11.9. The molecule has 6 nitrogen and oxygen atoms in total. The number of amides is 1. The molecule has 0 aromatic carbocycles. The summed E-state index contributed by atoms with van der Waals surface area (Å²) in [5.74, 6) is 0.709. The summed E-state index contributed by atoms with van der Waals surface area (Å²) < 4.78 is 16.3. The second kappa shape index (κ2) is 6.45. The van der Waals surface area contributed by atoms with E-state index in [-0.39, 0.29) is 11.5 Å². The molecule has 0 saturated carbocycles. The van der Waals surface area contributed by atoms with Crippen molar-refractivity contribution >= 4 is 5.91 Å². The Morgan fingerprint density at radius 1 is 1.33 bits per heavy atom. The fraction of sp³-hybridized carbons (Fsp3) is 0.500. The van der Waals surface area contributed by atoms with E-state index in [0.29, 0.717) is 18.2 Å². The summed E-state index contributed by atoms with van der Waals surface area (Å²) in [7, 11) is 0. The summed E-state index contributed by atoms with van der Waals surface area (Å²) in [6.07, 6.45) is 7.02. The molecule has 0 bridgehead atoms. The van der Waals surface area contributed by atoms with E-state index < -0.39 is 0 Å². The molecule has 2 saturated heterocycles. The van der Waals surface area contributed by atoms with Crippen LogP contribution in [0.25, 0.3) is 0 Å². The molecule has 0 radical (unpaired) electrons. The van der Waals surface area contributed by atoms with Gasteiger partial charge in [0.1, 0.15) is 0 Å². The van der Waals surface area contributed by atoms with Crippen LogP contribution in [0.5, 0.6) is 0 Å². The average Bonchev–Trinajstić information content (AvgIpc) is 3.28. The molecule has 128 valence electrons. The van der Waals surface area contributed by atoms with Crippen LogP contribution in [0.1, 0.15) is 29.0 Å². The van der Waals surface area contributed by atoms with Crippen molar-refractivity contribution in [1.82, 2.24) is 10.2 Å². The zero-order valence-corrected chi connectivity index (χ0v) is 13.6. The molecule has 0 unspecified atom stereocenters. The third-order valence-corrected chi connectivity index (χ3v) is 5.09. The first-order valence-corrected chi connectivity index (χ1v) is 8.44. The fourth-order valence-electron chi connectivity index (χ4n) is 3.86. The highest BCUT2D eigenvalue weighted by Gasteiger charge is 2.52. The van der Waals surface area contributed by atoms with Crippen LogP contribution < -0.4 is 5.32 Å². The third-order valence-electron chi connectivity index (χ3n) is 5.09. The van der Waals surface area contributed by atoms with Crippen LogP contribution in [-0.2, 0) is 11.3 Å². The minimum absolute atomic E-state index is 0.0286. The number of ether oxygens (including phenoxy) is 1. The lowest BCUT2D eigenvalue weighted by Crippen LogP contribution is -2.64. The topological polar surface area (TPSA) is 67.8 Å². The zero-order chi connectivity index (χ0) is 16.4. The molecule has 1 N–H and O–H groups in total. The Labute approximate surface area is 140 Å². The first kappa shape index (κ1) is 15.5. The lowest BCUT2D eigenvalue weighted by Gasteiger charge is -2.50. The summed E-state index contributed by atoms with van der Waals surface area (Å²) in [5.41, 5.74) is 1.17. The van der Waals surface area contributed by atoms with Crippen LogP contribution in [0.3, 0.4) is 0 Å². The number of furan rings is 2. The molecule has 0 aliphatic carbocycles. The molecule has 1 amide bonds. The van der Waals surface area contributed by atoms with Crippen LogP contribution in [0, 0.1) is 5.92 Å². The van der Waals surface area contributed by atoms with Gasteiger partial charge >= 0.3 is 0 Å². The summed E-state index contributed by atoms with van der Waals surface area (Å²) in [6, 6.07) is 5.40. The molecular formula is C18H22N2O4. The lowest BCUT2D eigenvalue weighted by molar-refractivity contribution is -0.136. The van der Waals surface area contributed by atoms with Crippen molar-refractivity contribution < 1.29 is 18.4 Å². The number of carbonyl (C=O) groups is 1. The first-order chi connectivity index (χ1) is 11.8. The molecule has 2 aromatic rings. The number of nitrogens with one attached hydrogen (secondary N) is 1. The largest absolute Gasteiger partial charge is 0.472 e. The Morgan fingerprint density at radius 3 is 3.00 bits per heavy atom. The molecule has 2 aromatic heterocycles. The lowest BCUT2D eigenvalue weighted by atomic mass is 9.79. The number of rotatable bonds is 6. The highest BCUT2D eigenvalue weighted by Crippen LogP contribution is 2.42. The molecule has 1 atom stereocenters. The standard InChI is InChI=1S/C18H22N2O4/c21-17(16-2-1-7-23-16)19-6-3-15-5-9-24-18(15)12-20(13-18)10-14-4-8-22-11-14/h1-2,4,7-8,11,15H,3,5-6,9-10,12-13H2,(H,19,21)/t15-/m0/s1. The molecule has 1 spiro atoms. The quantitative estimate of drug-likeness (QED) is 0.880.